The normalized spacial score (nSPS) is 22.4. The van der Waals surface area contributed by atoms with E-state index < -0.39 is 5.60 Å². The molecule has 0 saturated carbocycles. The summed E-state index contributed by atoms with van der Waals surface area (Å²) in [7, 11) is 0. The van der Waals surface area contributed by atoms with Crippen molar-refractivity contribution in [2.75, 3.05) is 19.6 Å². The summed E-state index contributed by atoms with van der Waals surface area (Å²) >= 11 is 0. The SMILES string of the molecule is CC(C)(C)OC(=O)N1C[C@H](CN)[C@@H](c2ccc(F)cc2)C1. The Labute approximate surface area is 125 Å². The predicted molar refractivity (Wildman–Crippen MR) is 79.5 cm³/mol. The van der Waals surface area contributed by atoms with Crippen molar-refractivity contribution < 1.29 is 13.9 Å². The van der Waals surface area contributed by atoms with Gasteiger partial charge in [-0.05, 0) is 50.9 Å². The summed E-state index contributed by atoms with van der Waals surface area (Å²) < 4.78 is 18.4. The summed E-state index contributed by atoms with van der Waals surface area (Å²) in [6.07, 6.45) is -0.314. The second-order valence-corrected chi connectivity index (χ2v) is 6.54. The maximum atomic E-state index is 13.0. The maximum Gasteiger partial charge on any atom is 0.410 e. The summed E-state index contributed by atoms with van der Waals surface area (Å²) in [5.74, 6) is 0.0381. The van der Waals surface area contributed by atoms with Gasteiger partial charge in [-0.25, -0.2) is 9.18 Å². The summed E-state index contributed by atoms with van der Waals surface area (Å²) in [5, 5.41) is 0. The molecule has 1 amide bonds. The smallest absolute Gasteiger partial charge is 0.410 e. The molecule has 1 fully saturated rings. The Kier molecular flexibility index (Phi) is 4.52. The highest BCUT2D eigenvalue weighted by molar-refractivity contribution is 5.68. The number of hydrogen-bond acceptors (Lipinski definition) is 3. The minimum Gasteiger partial charge on any atom is -0.444 e. The van der Waals surface area contributed by atoms with Crippen molar-refractivity contribution in [3.63, 3.8) is 0 Å². The van der Waals surface area contributed by atoms with Crippen LogP contribution in [0.4, 0.5) is 9.18 Å². The molecule has 116 valence electrons. The number of benzene rings is 1. The zero-order valence-electron chi connectivity index (χ0n) is 12.8. The van der Waals surface area contributed by atoms with Crippen molar-refractivity contribution in [3.05, 3.63) is 35.6 Å². The third kappa shape index (κ3) is 3.94. The maximum absolute atomic E-state index is 13.0. The number of nitrogens with zero attached hydrogens (tertiary/aromatic N) is 1. The fourth-order valence-electron chi connectivity index (χ4n) is 2.67. The lowest BCUT2D eigenvalue weighted by atomic mass is 9.89. The minimum atomic E-state index is -0.511. The Balaban J connectivity index is 2.10. The molecule has 2 atom stereocenters. The van der Waals surface area contributed by atoms with E-state index in [4.69, 9.17) is 10.5 Å². The lowest BCUT2D eigenvalue weighted by Crippen LogP contribution is -2.35. The van der Waals surface area contributed by atoms with Crippen LogP contribution in [0.2, 0.25) is 0 Å². The first-order chi connectivity index (χ1) is 9.80. The van der Waals surface area contributed by atoms with Gasteiger partial charge in [-0.15, -0.1) is 0 Å². The number of ether oxygens (including phenoxy) is 1. The highest BCUT2D eigenvalue weighted by atomic mass is 19.1. The van der Waals surface area contributed by atoms with Crippen molar-refractivity contribution >= 4 is 6.09 Å². The molecule has 0 spiro atoms. The summed E-state index contributed by atoms with van der Waals surface area (Å²) in [5.41, 5.74) is 6.33. The number of rotatable bonds is 2. The van der Waals surface area contributed by atoms with Crippen LogP contribution in [0.25, 0.3) is 0 Å². The van der Waals surface area contributed by atoms with Gasteiger partial charge in [-0.3, -0.25) is 0 Å². The van der Waals surface area contributed by atoms with Gasteiger partial charge in [-0.1, -0.05) is 12.1 Å². The van der Waals surface area contributed by atoms with Crippen LogP contribution in [-0.2, 0) is 4.74 Å². The van der Waals surface area contributed by atoms with Crippen LogP contribution in [0.3, 0.4) is 0 Å². The Bertz CT molecular complexity index is 496. The molecule has 0 aliphatic carbocycles. The summed E-state index contributed by atoms with van der Waals surface area (Å²) in [6, 6.07) is 6.42. The van der Waals surface area contributed by atoms with Crippen LogP contribution in [0.1, 0.15) is 32.3 Å². The largest absolute Gasteiger partial charge is 0.444 e. The zero-order valence-corrected chi connectivity index (χ0v) is 12.8. The Hall–Kier alpha value is -1.62. The average molecular weight is 294 g/mol. The zero-order chi connectivity index (χ0) is 15.6. The van der Waals surface area contributed by atoms with Crippen molar-refractivity contribution in [1.29, 1.82) is 0 Å². The minimum absolute atomic E-state index is 0.128. The van der Waals surface area contributed by atoms with Gasteiger partial charge in [0.1, 0.15) is 11.4 Å². The molecular formula is C16H23FN2O2. The molecule has 1 saturated heterocycles. The standard InChI is InChI=1S/C16H23FN2O2/c1-16(2,3)21-15(20)19-9-12(8-18)14(10-19)11-4-6-13(17)7-5-11/h4-7,12,14H,8-10,18H2,1-3H3/t12-,14+/m0/s1. The van der Waals surface area contributed by atoms with Gasteiger partial charge < -0.3 is 15.4 Å². The number of likely N-dealkylation sites (tertiary alicyclic amines) is 1. The van der Waals surface area contributed by atoms with Gasteiger partial charge in [0.25, 0.3) is 0 Å². The number of carbonyl (C=O) groups excluding carboxylic acids is 1. The molecule has 0 unspecified atom stereocenters. The molecule has 0 radical (unpaired) electrons. The molecule has 0 aromatic heterocycles. The van der Waals surface area contributed by atoms with E-state index in [1.54, 1.807) is 17.0 Å². The molecule has 1 aliphatic heterocycles. The third-order valence-corrected chi connectivity index (χ3v) is 3.69. The van der Waals surface area contributed by atoms with Crippen LogP contribution in [-0.4, -0.2) is 36.2 Å². The first-order valence-electron chi connectivity index (χ1n) is 7.23. The van der Waals surface area contributed by atoms with Gasteiger partial charge in [-0.2, -0.15) is 0 Å². The lowest BCUT2D eigenvalue weighted by Gasteiger charge is -2.24. The fourth-order valence-corrected chi connectivity index (χ4v) is 2.67. The molecule has 5 heteroatoms. The Morgan fingerprint density at radius 2 is 1.95 bits per heavy atom. The molecular weight excluding hydrogens is 271 g/mol. The van der Waals surface area contributed by atoms with Crippen LogP contribution >= 0.6 is 0 Å². The summed E-state index contributed by atoms with van der Waals surface area (Å²) in [4.78, 5) is 13.8. The number of carbonyl (C=O) groups is 1. The second-order valence-electron chi connectivity index (χ2n) is 6.54. The van der Waals surface area contributed by atoms with Crippen molar-refractivity contribution in [2.45, 2.75) is 32.3 Å². The van der Waals surface area contributed by atoms with E-state index in [1.165, 1.54) is 12.1 Å². The number of hydrogen-bond donors (Lipinski definition) is 1. The van der Waals surface area contributed by atoms with E-state index in [0.29, 0.717) is 19.6 Å². The molecule has 2 rings (SSSR count). The van der Waals surface area contributed by atoms with Crippen molar-refractivity contribution in [2.24, 2.45) is 11.7 Å². The first kappa shape index (κ1) is 15.8. The van der Waals surface area contributed by atoms with Crippen molar-refractivity contribution in [1.82, 2.24) is 4.90 Å². The van der Waals surface area contributed by atoms with Gasteiger partial charge >= 0.3 is 6.09 Å². The highest BCUT2D eigenvalue weighted by Crippen LogP contribution is 2.33. The highest BCUT2D eigenvalue weighted by Gasteiger charge is 2.37. The van der Waals surface area contributed by atoms with E-state index >= 15 is 0 Å². The molecule has 0 bridgehead atoms. The fraction of sp³-hybridized carbons (Fsp3) is 0.562. The average Bonchev–Trinajstić information content (AvgIpc) is 2.82. The van der Waals surface area contributed by atoms with E-state index in [-0.39, 0.29) is 23.7 Å². The molecule has 1 aliphatic rings. The molecule has 1 heterocycles. The predicted octanol–water partition coefficient (Wildman–Crippen LogP) is 2.73. The van der Waals surface area contributed by atoms with Gasteiger partial charge in [0.15, 0.2) is 0 Å². The van der Waals surface area contributed by atoms with Crippen LogP contribution in [0.5, 0.6) is 0 Å². The van der Waals surface area contributed by atoms with E-state index in [0.717, 1.165) is 5.56 Å². The molecule has 1 aromatic carbocycles. The van der Waals surface area contributed by atoms with E-state index in [1.807, 2.05) is 20.8 Å². The van der Waals surface area contributed by atoms with E-state index in [2.05, 4.69) is 0 Å². The third-order valence-electron chi connectivity index (χ3n) is 3.69. The monoisotopic (exact) mass is 294 g/mol. The Morgan fingerprint density at radius 3 is 2.48 bits per heavy atom. The van der Waals surface area contributed by atoms with Crippen LogP contribution in [0, 0.1) is 11.7 Å². The first-order valence-corrected chi connectivity index (χ1v) is 7.23. The number of nitrogens with two attached hydrogens (primary N) is 1. The van der Waals surface area contributed by atoms with Gasteiger partial charge in [0.05, 0.1) is 0 Å². The van der Waals surface area contributed by atoms with Gasteiger partial charge in [0, 0.05) is 19.0 Å². The van der Waals surface area contributed by atoms with Crippen molar-refractivity contribution in [3.8, 4) is 0 Å². The molecule has 1 aromatic rings. The lowest BCUT2D eigenvalue weighted by molar-refractivity contribution is 0.0287. The topological polar surface area (TPSA) is 55.6 Å². The van der Waals surface area contributed by atoms with Gasteiger partial charge in [0.2, 0.25) is 0 Å². The molecule has 21 heavy (non-hydrogen) atoms. The quantitative estimate of drug-likeness (QED) is 0.912. The second kappa shape index (κ2) is 6.02. The molecule has 4 nitrogen and oxygen atoms in total. The number of amides is 1. The van der Waals surface area contributed by atoms with Crippen LogP contribution in [0.15, 0.2) is 24.3 Å². The number of halogens is 1. The molecule has 2 N–H and O–H groups in total. The van der Waals surface area contributed by atoms with Crippen LogP contribution < -0.4 is 5.73 Å². The summed E-state index contributed by atoms with van der Waals surface area (Å²) in [6.45, 7) is 7.16. The Morgan fingerprint density at radius 1 is 1.33 bits per heavy atom. The van der Waals surface area contributed by atoms with E-state index in [9.17, 15) is 9.18 Å².